The van der Waals surface area contributed by atoms with E-state index in [-0.39, 0.29) is 0 Å². The van der Waals surface area contributed by atoms with Crippen LogP contribution in [-0.2, 0) is 4.74 Å². The molecule has 0 fully saturated rings. The molecule has 0 N–H and O–H groups in total. The quantitative estimate of drug-likeness (QED) is 0.546. The summed E-state index contributed by atoms with van der Waals surface area (Å²) in [6, 6.07) is 18.2. The molecule has 2 heteroatoms. The summed E-state index contributed by atoms with van der Waals surface area (Å²) in [6.07, 6.45) is 2.24. The highest BCUT2D eigenvalue weighted by Gasteiger charge is 2.22. The van der Waals surface area contributed by atoms with E-state index in [1.54, 1.807) is 7.11 Å². The second-order valence-corrected chi connectivity index (χ2v) is 5.66. The molecule has 0 spiro atoms. The molecule has 0 bridgehead atoms. The van der Waals surface area contributed by atoms with Crippen molar-refractivity contribution in [2.45, 2.75) is 44.9 Å². The Hall–Kier alpha value is -1.67. The smallest absolute Gasteiger partial charge is 0.130 e. The lowest BCUT2D eigenvalue weighted by molar-refractivity contribution is 0.0265. The minimum absolute atomic E-state index is 0.471. The second kappa shape index (κ2) is 8.70. The molecule has 1 nitrogen and oxygen atoms in total. The highest BCUT2D eigenvalue weighted by molar-refractivity contribution is 5.63. The lowest BCUT2D eigenvalue weighted by Gasteiger charge is -2.20. The zero-order valence-electron chi connectivity index (χ0n) is 13.5. The molecule has 0 aliphatic carbocycles. The number of ether oxygens (including phenoxy) is 1. The molecule has 2 aromatic rings. The van der Waals surface area contributed by atoms with Crippen molar-refractivity contribution < 1.29 is 9.13 Å². The molecule has 0 aromatic heterocycles. The summed E-state index contributed by atoms with van der Waals surface area (Å²) in [7, 11) is 1.59. The van der Waals surface area contributed by atoms with Gasteiger partial charge in [-0.25, -0.2) is 4.39 Å². The van der Waals surface area contributed by atoms with Crippen molar-refractivity contribution in [2.75, 3.05) is 7.11 Å². The zero-order valence-corrected chi connectivity index (χ0v) is 13.5. The van der Waals surface area contributed by atoms with E-state index in [0.29, 0.717) is 6.42 Å². The molecule has 22 heavy (non-hydrogen) atoms. The van der Waals surface area contributed by atoms with Crippen LogP contribution < -0.4 is 0 Å². The van der Waals surface area contributed by atoms with Gasteiger partial charge in [-0.1, -0.05) is 80.8 Å². The predicted molar refractivity (Wildman–Crippen MR) is 90.7 cm³/mol. The SMILES string of the molecule is CCCCCC(F)C(OC)c1ccc(-c2ccccc2)cc1. The summed E-state index contributed by atoms with van der Waals surface area (Å²) in [5, 5.41) is 0. The van der Waals surface area contributed by atoms with E-state index in [1.165, 1.54) is 5.56 Å². The van der Waals surface area contributed by atoms with Gasteiger partial charge in [0.05, 0.1) is 0 Å². The normalized spacial score (nSPS) is 13.8. The van der Waals surface area contributed by atoms with Gasteiger partial charge in [-0.05, 0) is 23.1 Å². The molecule has 118 valence electrons. The fraction of sp³-hybridized carbons (Fsp3) is 0.400. The molecule has 2 aromatic carbocycles. The average Bonchev–Trinajstić information content (AvgIpc) is 2.57. The fourth-order valence-electron chi connectivity index (χ4n) is 2.73. The lowest BCUT2D eigenvalue weighted by atomic mass is 9.98. The second-order valence-electron chi connectivity index (χ2n) is 5.66. The summed E-state index contributed by atoms with van der Waals surface area (Å²) in [5.41, 5.74) is 3.22. The van der Waals surface area contributed by atoms with Gasteiger partial charge < -0.3 is 4.74 Å². The van der Waals surface area contributed by atoms with E-state index < -0.39 is 12.3 Å². The Morgan fingerprint density at radius 3 is 2.14 bits per heavy atom. The van der Waals surface area contributed by atoms with Crippen molar-refractivity contribution in [2.24, 2.45) is 0 Å². The van der Waals surface area contributed by atoms with E-state index in [1.807, 2.05) is 42.5 Å². The molecule has 2 atom stereocenters. The summed E-state index contributed by atoms with van der Waals surface area (Å²) in [5.74, 6) is 0. The average molecular weight is 300 g/mol. The van der Waals surface area contributed by atoms with Crippen molar-refractivity contribution in [3.63, 3.8) is 0 Å². The third-order valence-corrected chi connectivity index (χ3v) is 4.01. The van der Waals surface area contributed by atoms with Crippen molar-refractivity contribution in [3.05, 3.63) is 60.2 Å². The van der Waals surface area contributed by atoms with Crippen LogP contribution in [0.25, 0.3) is 11.1 Å². The number of rotatable bonds is 8. The minimum Gasteiger partial charge on any atom is -0.374 e. The third-order valence-electron chi connectivity index (χ3n) is 4.01. The molecule has 0 aliphatic heterocycles. The van der Waals surface area contributed by atoms with Gasteiger partial charge in [0, 0.05) is 7.11 Å². The maximum atomic E-state index is 14.4. The first kappa shape index (κ1) is 16.7. The van der Waals surface area contributed by atoms with Gasteiger partial charge in [0.2, 0.25) is 0 Å². The molecule has 0 saturated heterocycles. The van der Waals surface area contributed by atoms with Gasteiger partial charge in [0.25, 0.3) is 0 Å². The number of unbranched alkanes of at least 4 members (excludes halogenated alkanes) is 2. The van der Waals surface area contributed by atoms with E-state index in [9.17, 15) is 4.39 Å². The summed E-state index contributed by atoms with van der Waals surface area (Å²) in [4.78, 5) is 0. The fourth-order valence-corrected chi connectivity index (χ4v) is 2.73. The number of alkyl halides is 1. The van der Waals surface area contributed by atoms with Crippen LogP contribution in [0.3, 0.4) is 0 Å². The molecular formula is C20H25FO. The lowest BCUT2D eigenvalue weighted by Crippen LogP contribution is -2.16. The topological polar surface area (TPSA) is 9.23 Å². The first-order chi connectivity index (χ1) is 10.8. The van der Waals surface area contributed by atoms with Gasteiger partial charge >= 0.3 is 0 Å². The van der Waals surface area contributed by atoms with Crippen LogP contribution in [0.5, 0.6) is 0 Å². The molecule has 0 amide bonds. The Balaban J connectivity index is 2.07. The zero-order chi connectivity index (χ0) is 15.8. The van der Waals surface area contributed by atoms with E-state index >= 15 is 0 Å². The van der Waals surface area contributed by atoms with Gasteiger partial charge in [-0.3, -0.25) is 0 Å². The third kappa shape index (κ3) is 4.41. The molecule has 0 heterocycles. The minimum atomic E-state index is -0.945. The Labute approximate surface area is 133 Å². The van der Waals surface area contributed by atoms with Gasteiger partial charge in [-0.2, -0.15) is 0 Å². The summed E-state index contributed by atoms with van der Waals surface area (Å²) < 4.78 is 19.8. The highest BCUT2D eigenvalue weighted by atomic mass is 19.1. The Morgan fingerprint density at radius 1 is 0.909 bits per heavy atom. The van der Waals surface area contributed by atoms with E-state index in [4.69, 9.17) is 4.74 Å². The van der Waals surface area contributed by atoms with Crippen LogP contribution >= 0.6 is 0 Å². The van der Waals surface area contributed by atoms with Gasteiger partial charge in [0.15, 0.2) is 0 Å². The molecule has 2 unspecified atom stereocenters. The van der Waals surface area contributed by atoms with Crippen LogP contribution in [0, 0.1) is 0 Å². The number of halogens is 1. The largest absolute Gasteiger partial charge is 0.374 e. The standard InChI is InChI=1S/C20H25FO/c1-3-4-6-11-19(21)20(22-2)18-14-12-17(13-15-18)16-9-7-5-8-10-16/h5,7-10,12-15,19-20H,3-4,6,11H2,1-2H3. The van der Waals surface area contributed by atoms with E-state index in [0.717, 1.165) is 30.4 Å². The maximum Gasteiger partial charge on any atom is 0.130 e. The predicted octanol–water partition coefficient (Wildman–Crippen LogP) is 5.96. The number of benzene rings is 2. The van der Waals surface area contributed by atoms with Crippen LogP contribution in [0.4, 0.5) is 4.39 Å². The molecule has 0 aliphatic rings. The van der Waals surface area contributed by atoms with Gasteiger partial charge in [0.1, 0.15) is 12.3 Å². The van der Waals surface area contributed by atoms with Crippen molar-refractivity contribution in [3.8, 4) is 11.1 Å². The number of hydrogen-bond acceptors (Lipinski definition) is 1. The van der Waals surface area contributed by atoms with Crippen LogP contribution in [0.15, 0.2) is 54.6 Å². The Morgan fingerprint density at radius 2 is 1.55 bits per heavy atom. The van der Waals surface area contributed by atoms with Crippen LogP contribution in [-0.4, -0.2) is 13.3 Å². The first-order valence-corrected chi connectivity index (χ1v) is 8.08. The molecule has 0 saturated carbocycles. The first-order valence-electron chi connectivity index (χ1n) is 8.08. The molecule has 0 radical (unpaired) electrons. The Bertz CT molecular complexity index is 535. The van der Waals surface area contributed by atoms with E-state index in [2.05, 4.69) is 19.1 Å². The molecule has 2 rings (SSSR count). The molecular weight excluding hydrogens is 275 g/mol. The maximum absolute atomic E-state index is 14.4. The van der Waals surface area contributed by atoms with Crippen LogP contribution in [0.1, 0.15) is 44.3 Å². The number of hydrogen-bond donors (Lipinski definition) is 0. The monoisotopic (exact) mass is 300 g/mol. The van der Waals surface area contributed by atoms with Crippen molar-refractivity contribution in [1.82, 2.24) is 0 Å². The van der Waals surface area contributed by atoms with Crippen LogP contribution in [0.2, 0.25) is 0 Å². The van der Waals surface area contributed by atoms with Crippen molar-refractivity contribution in [1.29, 1.82) is 0 Å². The summed E-state index contributed by atoms with van der Waals surface area (Å²) >= 11 is 0. The summed E-state index contributed by atoms with van der Waals surface area (Å²) in [6.45, 7) is 2.13. The Kier molecular flexibility index (Phi) is 6.60. The van der Waals surface area contributed by atoms with Crippen molar-refractivity contribution >= 4 is 0 Å². The van der Waals surface area contributed by atoms with Gasteiger partial charge in [-0.15, -0.1) is 0 Å². The highest BCUT2D eigenvalue weighted by Crippen LogP contribution is 2.28. The number of methoxy groups -OCH3 is 1.